The van der Waals surface area contributed by atoms with Gasteiger partial charge in [0.15, 0.2) is 0 Å². The topological polar surface area (TPSA) is 62.7 Å². The predicted molar refractivity (Wildman–Crippen MR) is 116 cm³/mol. The summed E-state index contributed by atoms with van der Waals surface area (Å²) in [5.41, 5.74) is 2.82. The first-order valence-electron chi connectivity index (χ1n) is 9.75. The molecule has 2 unspecified atom stereocenters. The number of hydrogen-bond acceptors (Lipinski definition) is 4. The smallest absolute Gasteiger partial charge is 0.320 e. The molecule has 150 valence electrons. The second-order valence-corrected chi connectivity index (χ2v) is 8.25. The third kappa shape index (κ3) is 4.00. The average Bonchev–Trinajstić information content (AvgIpc) is 2.74. The normalized spacial score (nSPS) is 18.5. The molecule has 0 bridgehead atoms. The predicted octanol–water partition coefficient (Wildman–Crippen LogP) is 5.03. The van der Waals surface area contributed by atoms with Gasteiger partial charge in [-0.15, -0.1) is 0 Å². The van der Waals surface area contributed by atoms with Gasteiger partial charge in [-0.2, -0.15) is 0 Å². The molecule has 0 saturated carbocycles. The molecule has 2 atom stereocenters. The minimum absolute atomic E-state index is 0.263. The Bertz CT molecular complexity index is 1040. The van der Waals surface area contributed by atoms with E-state index in [1.165, 1.54) is 0 Å². The Morgan fingerprint density at radius 2 is 2.07 bits per heavy atom. The summed E-state index contributed by atoms with van der Waals surface area (Å²) in [5, 5.41) is 10.9. The fourth-order valence-electron chi connectivity index (χ4n) is 4.23. The van der Waals surface area contributed by atoms with Crippen LogP contribution in [0.4, 0.5) is 0 Å². The molecule has 6 heteroatoms. The number of hydrogen-bond donors (Lipinski definition) is 1. The van der Waals surface area contributed by atoms with E-state index >= 15 is 0 Å². The second-order valence-electron chi connectivity index (χ2n) is 7.34. The molecule has 1 aliphatic rings. The van der Waals surface area contributed by atoms with Gasteiger partial charge in [0.25, 0.3) is 0 Å². The van der Waals surface area contributed by atoms with Crippen molar-refractivity contribution in [3.63, 3.8) is 0 Å². The molecule has 0 aliphatic carbocycles. The second kappa shape index (κ2) is 8.51. The number of aromatic nitrogens is 1. The van der Waals surface area contributed by atoms with Crippen LogP contribution in [0.15, 0.2) is 59.2 Å². The van der Waals surface area contributed by atoms with Crippen LogP contribution in [0.2, 0.25) is 0 Å². The minimum atomic E-state index is -0.780. The van der Waals surface area contributed by atoms with Crippen LogP contribution < -0.4 is 4.74 Å². The Kier molecular flexibility index (Phi) is 5.83. The first kappa shape index (κ1) is 19.9. The van der Waals surface area contributed by atoms with E-state index in [4.69, 9.17) is 4.74 Å². The van der Waals surface area contributed by atoms with E-state index in [0.29, 0.717) is 13.0 Å². The molecule has 1 fully saturated rings. The van der Waals surface area contributed by atoms with Crippen LogP contribution in [0.5, 0.6) is 5.75 Å². The molecular weight excluding hydrogens is 432 g/mol. The van der Waals surface area contributed by atoms with Crippen LogP contribution in [0.25, 0.3) is 10.9 Å². The molecule has 0 radical (unpaired) electrons. The number of methoxy groups -OCH3 is 1. The number of rotatable bonds is 5. The Hall–Kier alpha value is -2.44. The van der Waals surface area contributed by atoms with Crippen LogP contribution in [0.1, 0.15) is 36.4 Å². The maximum Gasteiger partial charge on any atom is 0.320 e. The molecule has 3 aromatic rings. The van der Waals surface area contributed by atoms with E-state index in [1.807, 2.05) is 48.7 Å². The molecule has 5 nitrogen and oxygen atoms in total. The van der Waals surface area contributed by atoms with Crippen molar-refractivity contribution >= 4 is 32.8 Å². The van der Waals surface area contributed by atoms with Crippen LogP contribution in [0, 0.1) is 0 Å². The van der Waals surface area contributed by atoms with Gasteiger partial charge in [-0.25, -0.2) is 0 Å². The van der Waals surface area contributed by atoms with Gasteiger partial charge in [0.2, 0.25) is 0 Å². The van der Waals surface area contributed by atoms with Crippen LogP contribution in [0.3, 0.4) is 0 Å². The number of aliphatic carboxylic acids is 1. The number of carbonyl (C=O) groups is 1. The molecule has 0 spiro atoms. The Balaban J connectivity index is 1.91. The molecule has 29 heavy (non-hydrogen) atoms. The van der Waals surface area contributed by atoms with Gasteiger partial charge in [-0.05, 0) is 55.3 Å². The first-order chi connectivity index (χ1) is 14.1. The Labute approximate surface area is 178 Å². The summed E-state index contributed by atoms with van der Waals surface area (Å²) in [6.45, 7) is 0.712. The SMILES string of the molecule is COc1ccc(Br)cc1C(c1cnc2ccccc2c1)N1CCCCC1C(=O)O. The maximum absolute atomic E-state index is 12.1. The molecule has 2 aromatic carbocycles. The number of ether oxygens (including phenoxy) is 1. The van der Waals surface area contributed by atoms with E-state index < -0.39 is 12.0 Å². The number of carboxylic acids is 1. The lowest BCUT2D eigenvalue weighted by atomic mass is 9.91. The van der Waals surface area contributed by atoms with Crippen molar-refractivity contribution in [1.29, 1.82) is 0 Å². The van der Waals surface area contributed by atoms with Crippen molar-refractivity contribution in [2.24, 2.45) is 0 Å². The number of benzene rings is 2. The molecule has 1 aromatic heterocycles. The Morgan fingerprint density at radius 1 is 1.24 bits per heavy atom. The monoisotopic (exact) mass is 454 g/mol. The Morgan fingerprint density at radius 3 is 2.86 bits per heavy atom. The van der Waals surface area contributed by atoms with Crippen molar-refractivity contribution in [3.05, 3.63) is 70.3 Å². The quantitative estimate of drug-likeness (QED) is 0.585. The third-order valence-electron chi connectivity index (χ3n) is 5.57. The van der Waals surface area contributed by atoms with Crippen LogP contribution in [-0.4, -0.2) is 40.7 Å². The van der Waals surface area contributed by atoms with Gasteiger partial charge < -0.3 is 9.84 Å². The third-order valence-corrected chi connectivity index (χ3v) is 6.07. The van der Waals surface area contributed by atoms with Gasteiger partial charge in [0.05, 0.1) is 18.7 Å². The fraction of sp³-hybridized carbons (Fsp3) is 0.304. The number of likely N-dealkylation sites (tertiary alicyclic amines) is 1. The summed E-state index contributed by atoms with van der Waals surface area (Å²) in [6.07, 6.45) is 4.40. The molecule has 1 N–H and O–H groups in total. The lowest BCUT2D eigenvalue weighted by Crippen LogP contribution is -2.47. The van der Waals surface area contributed by atoms with E-state index in [1.54, 1.807) is 7.11 Å². The van der Waals surface area contributed by atoms with Crippen molar-refractivity contribution < 1.29 is 14.6 Å². The lowest BCUT2D eigenvalue weighted by Gasteiger charge is -2.40. The minimum Gasteiger partial charge on any atom is -0.496 e. The van der Waals surface area contributed by atoms with Crippen molar-refractivity contribution in [1.82, 2.24) is 9.88 Å². The molecule has 0 amide bonds. The highest BCUT2D eigenvalue weighted by molar-refractivity contribution is 9.10. The van der Waals surface area contributed by atoms with Gasteiger partial charge in [0, 0.05) is 21.6 Å². The standard InChI is InChI=1S/C23H23BrN2O3/c1-29-21-10-9-17(24)13-18(21)22(26-11-5-4-8-20(26)23(27)28)16-12-15-6-2-3-7-19(15)25-14-16/h2-3,6-7,9-10,12-14,20,22H,4-5,8,11H2,1H3,(H,27,28). The molecule has 1 aliphatic heterocycles. The zero-order valence-electron chi connectivity index (χ0n) is 16.2. The number of pyridine rings is 1. The number of piperidine rings is 1. The van der Waals surface area contributed by atoms with Gasteiger partial charge in [-0.1, -0.05) is 40.5 Å². The number of nitrogens with zero attached hydrogens (tertiary/aromatic N) is 2. The highest BCUT2D eigenvalue weighted by Gasteiger charge is 2.36. The van der Waals surface area contributed by atoms with E-state index in [-0.39, 0.29) is 6.04 Å². The van der Waals surface area contributed by atoms with Crippen LogP contribution >= 0.6 is 15.9 Å². The summed E-state index contributed by atoms with van der Waals surface area (Å²) >= 11 is 3.57. The summed E-state index contributed by atoms with van der Waals surface area (Å²) in [4.78, 5) is 18.8. The summed E-state index contributed by atoms with van der Waals surface area (Å²) in [6, 6.07) is 15.2. The lowest BCUT2D eigenvalue weighted by molar-refractivity contribution is -0.145. The fourth-order valence-corrected chi connectivity index (χ4v) is 4.61. The largest absolute Gasteiger partial charge is 0.496 e. The number of halogens is 1. The highest BCUT2D eigenvalue weighted by atomic mass is 79.9. The molecule has 1 saturated heterocycles. The van der Waals surface area contributed by atoms with Crippen molar-refractivity contribution in [3.8, 4) is 5.75 Å². The first-order valence-corrected chi connectivity index (χ1v) is 10.5. The van der Waals surface area contributed by atoms with Crippen LogP contribution in [-0.2, 0) is 4.79 Å². The molecule has 2 heterocycles. The van der Waals surface area contributed by atoms with Crippen molar-refractivity contribution in [2.45, 2.75) is 31.3 Å². The van der Waals surface area contributed by atoms with E-state index in [2.05, 4.69) is 31.9 Å². The van der Waals surface area contributed by atoms with Gasteiger partial charge in [-0.3, -0.25) is 14.7 Å². The maximum atomic E-state index is 12.1. The van der Waals surface area contributed by atoms with E-state index in [0.717, 1.165) is 45.1 Å². The van der Waals surface area contributed by atoms with Gasteiger partial charge in [0.1, 0.15) is 11.8 Å². The summed E-state index contributed by atoms with van der Waals surface area (Å²) in [7, 11) is 1.65. The zero-order valence-corrected chi connectivity index (χ0v) is 17.8. The molecule has 4 rings (SSSR count). The number of para-hydroxylation sites is 1. The number of fused-ring (bicyclic) bond motifs is 1. The highest BCUT2D eigenvalue weighted by Crippen LogP contribution is 2.40. The van der Waals surface area contributed by atoms with Crippen molar-refractivity contribution in [2.75, 3.05) is 13.7 Å². The molecular formula is C23H23BrN2O3. The number of carboxylic acid groups (broad SMARTS) is 1. The van der Waals surface area contributed by atoms with Gasteiger partial charge >= 0.3 is 5.97 Å². The summed E-state index contributed by atoms with van der Waals surface area (Å²) < 4.78 is 6.59. The van der Waals surface area contributed by atoms with E-state index in [9.17, 15) is 9.90 Å². The average molecular weight is 455 g/mol. The summed E-state index contributed by atoms with van der Waals surface area (Å²) in [5.74, 6) is -0.0431. The zero-order chi connectivity index (χ0) is 20.4.